The Morgan fingerprint density at radius 1 is 1.67 bits per heavy atom. The molecule has 15 heavy (non-hydrogen) atoms. The molecule has 0 bridgehead atoms. The standard InChI is InChI=1S/C10H10BrClN2S/c1-10(2-3-12,14-7-15)8-4-9(11)6-13-5-8/h4-6H,2-3H2,1H3/t10-/m0/s1. The van der Waals surface area contributed by atoms with E-state index in [1.54, 1.807) is 12.4 Å². The lowest BCUT2D eigenvalue weighted by atomic mass is 9.91. The molecule has 0 spiro atoms. The average molecular weight is 306 g/mol. The van der Waals surface area contributed by atoms with E-state index in [9.17, 15) is 0 Å². The molecule has 0 aliphatic rings. The molecule has 0 fully saturated rings. The third kappa shape index (κ3) is 3.35. The second-order valence-corrected chi connectivity index (χ2v) is 4.78. The molecule has 0 N–H and O–H groups in total. The number of nitrogens with zero attached hydrogens (tertiary/aromatic N) is 2. The van der Waals surface area contributed by atoms with Gasteiger partial charge >= 0.3 is 0 Å². The highest BCUT2D eigenvalue weighted by molar-refractivity contribution is 9.10. The molecule has 0 saturated carbocycles. The van der Waals surface area contributed by atoms with Crippen LogP contribution >= 0.6 is 39.7 Å². The van der Waals surface area contributed by atoms with Crippen LogP contribution in [0.15, 0.2) is 27.9 Å². The lowest BCUT2D eigenvalue weighted by Gasteiger charge is -2.22. The molecular weight excluding hydrogens is 296 g/mol. The van der Waals surface area contributed by atoms with Crippen LogP contribution in [0.2, 0.25) is 0 Å². The summed E-state index contributed by atoms with van der Waals surface area (Å²) >= 11 is 13.8. The van der Waals surface area contributed by atoms with E-state index < -0.39 is 5.54 Å². The zero-order chi connectivity index (χ0) is 11.3. The zero-order valence-electron chi connectivity index (χ0n) is 8.20. The van der Waals surface area contributed by atoms with Crippen LogP contribution in [0.1, 0.15) is 18.9 Å². The number of hydrogen-bond acceptors (Lipinski definition) is 3. The Balaban J connectivity index is 3.14. The van der Waals surface area contributed by atoms with Gasteiger partial charge in [-0.25, -0.2) is 4.99 Å². The van der Waals surface area contributed by atoms with Crippen molar-refractivity contribution in [3.8, 4) is 0 Å². The van der Waals surface area contributed by atoms with Crippen LogP contribution in [-0.4, -0.2) is 16.0 Å². The van der Waals surface area contributed by atoms with Crippen molar-refractivity contribution in [3.05, 3.63) is 28.5 Å². The quantitative estimate of drug-likeness (QED) is 0.480. The first kappa shape index (κ1) is 12.8. The van der Waals surface area contributed by atoms with Crippen molar-refractivity contribution >= 4 is 44.9 Å². The second kappa shape index (κ2) is 5.71. The summed E-state index contributed by atoms with van der Waals surface area (Å²) in [6.07, 6.45) is 4.20. The van der Waals surface area contributed by atoms with Crippen molar-refractivity contribution in [2.24, 2.45) is 4.99 Å². The van der Waals surface area contributed by atoms with Gasteiger partial charge in [-0.1, -0.05) is 0 Å². The van der Waals surface area contributed by atoms with Crippen LogP contribution < -0.4 is 0 Å². The molecule has 1 heterocycles. The summed E-state index contributed by atoms with van der Waals surface area (Å²) in [5, 5.41) is 2.42. The van der Waals surface area contributed by atoms with Gasteiger partial charge in [-0.05, 0) is 53.1 Å². The van der Waals surface area contributed by atoms with E-state index in [1.807, 2.05) is 13.0 Å². The lowest BCUT2D eigenvalue weighted by Crippen LogP contribution is -2.19. The summed E-state index contributed by atoms with van der Waals surface area (Å²) in [6, 6.07) is 1.97. The maximum atomic E-state index is 5.76. The number of rotatable bonds is 4. The lowest BCUT2D eigenvalue weighted by molar-refractivity contribution is 0.484. The molecule has 0 saturated heterocycles. The third-order valence-electron chi connectivity index (χ3n) is 2.20. The Hall–Kier alpha value is -0.280. The van der Waals surface area contributed by atoms with E-state index in [2.05, 4.69) is 43.3 Å². The number of pyridine rings is 1. The van der Waals surface area contributed by atoms with E-state index in [0.717, 1.165) is 10.0 Å². The van der Waals surface area contributed by atoms with Gasteiger partial charge in [0.2, 0.25) is 0 Å². The highest BCUT2D eigenvalue weighted by Crippen LogP contribution is 2.30. The monoisotopic (exact) mass is 304 g/mol. The van der Waals surface area contributed by atoms with Crippen molar-refractivity contribution in [2.75, 3.05) is 5.88 Å². The van der Waals surface area contributed by atoms with Gasteiger partial charge in [0.05, 0.1) is 10.7 Å². The fourth-order valence-electron chi connectivity index (χ4n) is 1.26. The highest BCUT2D eigenvalue weighted by Gasteiger charge is 2.25. The minimum absolute atomic E-state index is 0.430. The van der Waals surface area contributed by atoms with Crippen LogP contribution in [0.25, 0.3) is 0 Å². The van der Waals surface area contributed by atoms with Gasteiger partial charge in [0.15, 0.2) is 0 Å². The summed E-state index contributed by atoms with van der Waals surface area (Å²) in [4.78, 5) is 8.28. The number of alkyl halides is 1. The van der Waals surface area contributed by atoms with E-state index in [-0.39, 0.29) is 0 Å². The minimum Gasteiger partial charge on any atom is -0.263 e. The van der Waals surface area contributed by atoms with Crippen LogP contribution in [0.3, 0.4) is 0 Å². The molecule has 0 radical (unpaired) electrons. The van der Waals surface area contributed by atoms with Crippen molar-refractivity contribution < 1.29 is 0 Å². The molecule has 1 aromatic rings. The Morgan fingerprint density at radius 3 is 2.93 bits per heavy atom. The number of thiocarbonyl (C=S) groups is 1. The SMILES string of the molecule is C[C@@](CCCl)(N=C=S)c1cncc(Br)c1. The van der Waals surface area contributed by atoms with Crippen molar-refractivity contribution in [1.29, 1.82) is 0 Å². The molecule has 0 amide bonds. The first-order valence-electron chi connectivity index (χ1n) is 4.38. The van der Waals surface area contributed by atoms with Gasteiger partial charge < -0.3 is 0 Å². The fourth-order valence-corrected chi connectivity index (χ4v) is 2.19. The van der Waals surface area contributed by atoms with Gasteiger partial charge in [-0.3, -0.25) is 4.98 Å². The van der Waals surface area contributed by atoms with E-state index in [1.165, 1.54) is 0 Å². The average Bonchev–Trinajstić information content (AvgIpc) is 2.18. The molecule has 1 atom stereocenters. The summed E-state index contributed by atoms with van der Waals surface area (Å²) in [6.45, 7) is 1.97. The second-order valence-electron chi connectivity index (χ2n) is 3.31. The summed E-state index contributed by atoms with van der Waals surface area (Å²) in [7, 11) is 0. The molecular formula is C10H10BrClN2S. The van der Waals surface area contributed by atoms with Crippen LogP contribution in [0.5, 0.6) is 0 Å². The Morgan fingerprint density at radius 2 is 2.40 bits per heavy atom. The largest absolute Gasteiger partial charge is 0.263 e. The summed E-state index contributed by atoms with van der Waals surface area (Å²) < 4.78 is 0.917. The van der Waals surface area contributed by atoms with Gasteiger partial charge in [-0.15, -0.1) is 11.6 Å². The summed E-state index contributed by atoms with van der Waals surface area (Å²) in [5.41, 5.74) is 0.551. The normalized spacial score (nSPS) is 14.1. The van der Waals surface area contributed by atoms with Gasteiger partial charge in [0, 0.05) is 22.7 Å². The molecule has 0 aromatic carbocycles. The Bertz CT molecular complexity index is 393. The fraction of sp³-hybridized carbons (Fsp3) is 0.400. The number of aliphatic imine (C=N–C) groups is 1. The maximum absolute atomic E-state index is 5.76. The topological polar surface area (TPSA) is 25.2 Å². The van der Waals surface area contributed by atoms with Gasteiger partial charge in [0.25, 0.3) is 0 Å². The van der Waals surface area contributed by atoms with Gasteiger partial charge in [0.1, 0.15) is 0 Å². The molecule has 1 rings (SSSR count). The molecule has 0 aliphatic heterocycles. The number of halogens is 2. The molecule has 1 aromatic heterocycles. The number of isothiocyanates is 1. The van der Waals surface area contributed by atoms with Crippen molar-refractivity contribution in [1.82, 2.24) is 4.98 Å². The Kier molecular flexibility index (Phi) is 4.87. The molecule has 0 unspecified atom stereocenters. The van der Waals surface area contributed by atoms with E-state index in [4.69, 9.17) is 11.6 Å². The van der Waals surface area contributed by atoms with Crippen molar-refractivity contribution in [3.63, 3.8) is 0 Å². The number of hydrogen-bond donors (Lipinski definition) is 0. The van der Waals surface area contributed by atoms with Crippen molar-refractivity contribution in [2.45, 2.75) is 18.9 Å². The first-order chi connectivity index (χ1) is 7.12. The third-order valence-corrected chi connectivity index (χ3v) is 2.91. The minimum atomic E-state index is -0.430. The predicted molar refractivity (Wildman–Crippen MR) is 69.7 cm³/mol. The predicted octanol–water partition coefficient (Wildman–Crippen LogP) is 3.79. The van der Waals surface area contributed by atoms with Crippen LogP contribution in [0.4, 0.5) is 0 Å². The van der Waals surface area contributed by atoms with E-state index >= 15 is 0 Å². The Labute approximate surface area is 108 Å². The van der Waals surface area contributed by atoms with Gasteiger partial charge in [-0.2, -0.15) is 0 Å². The zero-order valence-corrected chi connectivity index (χ0v) is 11.4. The van der Waals surface area contributed by atoms with Crippen LogP contribution in [-0.2, 0) is 5.54 Å². The highest BCUT2D eigenvalue weighted by atomic mass is 79.9. The first-order valence-corrected chi connectivity index (χ1v) is 6.12. The molecule has 0 aliphatic carbocycles. The van der Waals surface area contributed by atoms with E-state index in [0.29, 0.717) is 12.3 Å². The smallest absolute Gasteiger partial charge is 0.0957 e. The number of aromatic nitrogens is 1. The summed E-state index contributed by atoms with van der Waals surface area (Å²) in [5.74, 6) is 0.517. The molecule has 2 nitrogen and oxygen atoms in total. The molecule has 80 valence electrons. The molecule has 5 heteroatoms. The maximum Gasteiger partial charge on any atom is 0.0957 e. The van der Waals surface area contributed by atoms with Crippen LogP contribution in [0, 0.1) is 0 Å².